The van der Waals surface area contributed by atoms with E-state index in [1.165, 1.54) is 18.2 Å². The van der Waals surface area contributed by atoms with E-state index in [1.807, 2.05) is 0 Å². The number of carbonyl (C=O) groups is 1. The van der Waals surface area contributed by atoms with Crippen molar-refractivity contribution in [3.05, 3.63) is 29.8 Å². The summed E-state index contributed by atoms with van der Waals surface area (Å²) in [7, 11) is 0. The molecule has 0 aromatic heterocycles. The van der Waals surface area contributed by atoms with Crippen molar-refractivity contribution in [3.63, 3.8) is 0 Å². The fraction of sp³-hybridized carbons (Fsp3) is 0.417. The Morgan fingerprint density at radius 3 is 2.56 bits per heavy atom. The minimum atomic E-state index is -4.47. The molecule has 0 aliphatic carbocycles. The molecule has 0 radical (unpaired) electrons. The molecule has 100 valence electrons. The summed E-state index contributed by atoms with van der Waals surface area (Å²) < 4.78 is 47.3. The van der Waals surface area contributed by atoms with E-state index in [9.17, 15) is 18.0 Å². The first-order valence-corrected chi connectivity index (χ1v) is 5.39. The molecule has 0 fully saturated rings. The second-order valence-electron chi connectivity index (χ2n) is 3.40. The van der Waals surface area contributed by atoms with Crippen LogP contribution >= 0.6 is 0 Å². The van der Waals surface area contributed by atoms with Gasteiger partial charge in [-0.1, -0.05) is 12.1 Å². The van der Waals surface area contributed by atoms with Gasteiger partial charge in [-0.2, -0.15) is 13.2 Å². The van der Waals surface area contributed by atoms with Crippen LogP contribution in [-0.2, 0) is 15.7 Å². The molecule has 3 nitrogen and oxygen atoms in total. The average molecular weight is 262 g/mol. The number of rotatable bonds is 5. The summed E-state index contributed by atoms with van der Waals surface area (Å²) in [6.45, 7) is 1.74. The molecule has 0 heterocycles. The van der Waals surface area contributed by atoms with Gasteiger partial charge in [-0.05, 0) is 19.1 Å². The smallest absolute Gasteiger partial charge is 0.419 e. The number of hydrogen-bond donors (Lipinski definition) is 0. The molecule has 0 aliphatic rings. The number of ether oxygens (including phenoxy) is 2. The van der Waals surface area contributed by atoms with Gasteiger partial charge >= 0.3 is 12.1 Å². The predicted octanol–water partition coefficient (Wildman–Crippen LogP) is 3.04. The Labute approximate surface area is 103 Å². The Bertz CT molecular complexity index is 402. The topological polar surface area (TPSA) is 35.5 Å². The lowest BCUT2D eigenvalue weighted by Gasteiger charge is -2.13. The molecule has 0 amide bonds. The van der Waals surface area contributed by atoms with E-state index in [-0.39, 0.29) is 25.4 Å². The van der Waals surface area contributed by atoms with Crippen LogP contribution < -0.4 is 4.74 Å². The number of carbonyl (C=O) groups excluding carboxylic acids is 1. The Balaban J connectivity index is 2.60. The SMILES string of the molecule is CCOC(=O)CCOc1ccccc1C(F)(F)F. The van der Waals surface area contributed by atoms with Crippen molar-refractivity contribution in [2.24, 2.45) is 0 Å². The molecule has 1 aromatic carbocycles. The van der Waals surface area contributed by atoms with Gasteiger partial charge in [-0.3, -0.25) is 4.79 Å². The predicted molar refractivity (Wildman–Crippen MR) is 58.2 cm³/mol. The summed E-state index contributed by atoms with van der Waals surface area (Å²) in [5.41, 5.74) is -0.853. The first-order valence-electron chi connectivity index (χ1n) is 5.39. The monoisotopic (exact) mass is 262 g/mol. The van der Waals surface area contributed by atoms with Crippen molar-refractivity contribution in [1.82, 2.24) is 0 Å². The minimum Gasteiger partial charge on any atom is -0.492 e. The van der Waals surface area contributed by atoms with Gasteiger partial charge in [0.15, 0.2) is 0 Å². The number of hydrogen-bond acceptors (Lipinski definition) is 3. The van der Waals surface area contributed by atoms with Gasteiger partial charge in [0.2, 0.25) is 0 Å². The number of benzene rings is 1. The van der Waals surface area contributed by atoms with Crippen LogP contribution in [0.4, 0.5) is 13.2 Å². The maximum atomic E-state index is 12.6. The summed E-state index contributed by atoms with van der Waals surface area (Å²) in [6, 6.07) is 4.86. The molecule has 0 saturated carbocycles. The average Bonchev–Trinajstić information content (AvgIpc) is 2.28. The highest BCUT2D eigenvalue weighted by Crippen LogP contribution is 2.35. The van der Waals surface area contributed by atoms with E-state index < -0.39 is 17.7 Å². The second-order valence-corrected chi connectivity index (χ2v) is 3.40. The molecule has 0 atom stereocenters. The summed E-state index contributed by atoms with van der Waals surface area (Å²) in [4.78, 5) is 11.0. The zero-order valence-corrected chi connectivity index (χ0v) is 9.79. The van der Waals surface area contributed by atoms with E-state index in [4.69, 9.17) is 4.74 Å². The maximum absolute atomic E-state index is 12.6. The third kappa shape index (κ3) is 4.27. The zero-order valence-electron chi connectivity index (χ0n) is 9.79. The highest BCUT2D eigenvalue weighted by atomic mass is 19.4. The summed E-state index contributed by atoms with van der Waals surface area (Å²) in [5.74, 6) is -0.781. The van der Waals surface area contributed by atoms with Gasteiger partial charge in [-0.25, -0.2) is 0 Å². The van der Waals surface area contributed by atoms with Crippen molar-refractivity contribution < 1.29 is 27.4 Å². The number of para-hydroxylation sites is 1. The van der Waals surface area contributed by atoms with Crippen LogP contribution in [0.1, 0.15) is 18.9 Å². The molecule has 1 aromatic rings. The lowest BCUT2D eigenvalue weighted by molar-refractivity contribution is -0.143. The molecule has 0 bridgehead atoms. The van der Waals surface area contributed by atoms with Crippen LogP contribution in [0.25, 0.3) is 0 Å². The third-order valence-corrected chi connectivity index (χ3v) is 2.06. The van der Waals surface area contributed by atoms with Crippen molar-refractivity contribution in [3.8, 4) is 5.75 Å². The number of alkyl halides is 3. The van der Waals surface area contributed by atoms with Gasteiger partial charge in [0, 0.05) is 0 Å². The van der Waals surface area contributed by atoms with Crippen LogP contribution in [-0.4, -0.2) is 19.2 Å². The second kappa shape index (κ2) is 6.28. The van der Waals surface area contributed by atoms with E-state index in [0.717, 1.165) is 6.07 Å². The lowest BCUT2D eigenvalue weighted by Crippen LogP contribution is -2.12. The minimum absolute atomic E-state index is 0.0833. The summed E-state index contributed by atoms with van der Waals surface area (Å²) in [6.07, 6.45) is -4.56. The van der Waals surface area contributed by atoms with Crippen molar-refractivity contribution in [1.29, 1.82) is 0 Å². The molecule has 0 aliphatic heterocycles. The summed E-state index contributed by atoms with van der Waals surface area (Å²) in [5, 5.41) is 0. The van der Waals surface area contributed by atoms with Crippen molar-refractivity contribution in [2.45, 2.75) is 19.5 Å². The fourth-order valence-corrected chi connectivity index (χ4v) is 1.30. The standard InChI is InChI=1S/C12H13F3O3/c1-2-17-11(16)7-8-18-10-6-4-3-5-9(10)12(13,14)15/h3-6H,2,7-8H2,1H3. The van der Waals surface area contributed by atoms with Crippen LogP contribution in [0.2, 0.25) is 0 Å². The Kier molecular flexibility index (Phi) is 5.00. The quantitative estimate of drug-likeness (QED) is 0.765. The molecule has 6 heteroatoms. The molecule has 1 rings (SSSR count). The molecule has 0 spiro atoms. The third-order valence-electron chi connectivity index (χ3n) is 2.06. The van der Waals surface area contributed by atoms with E-state index >= 15 is 0 Å². The van der Waals surface area contributed by atoms with Gasteiger partial charge in [0.05, 0.1) is 25.2 Å². The highest BCUT2D eigenvalue weighted by Gasteiger charge is 2.33. The number of halogens is 3. The Morgan fingerprint density at radius 1 is 1.28 bits per heavy atom. The lowest BCUT2D eigenvalue weighted by atomic mass is 10.2. The van der Waals surface area contributed by atoms with Crippen molar-refractivity contribution >= 4 is 5.97 Å². The van der Waals surface area contributed by atoms with E-state index in [1.54, 1.807) is 6.92 Å². The molecular formula is C12H13F3O3. The number of esters is 1. The van der Waals surface area contributed by atoms with Crippen LogP contribution in [0.5, 0.6) is 5.75 Å². The highest BCUT2D eigenvalue weighted by molar-refractivity contribution is 5.69. The zero-order chi connectivity index (χ0) is 13.6. The van der Waals surface area contributed by atoms with Gasteiger partial charge in [0.1, 0.15) is 5.75 Å². The maximum Gasteiger partial charge on any atom is 0.419 e. The van der Waals surface area contributed by atoms with Crippen LogP contribution in [0, 0.1) is 0 Å². The molecular weight excluding hydrogens is 249 g/mol. The molecule has 0 N–H and O–H groups in total. The normalized spacial score (nSPS) is 11.1. The molecule has 0 saturated heterocycles. The van der Waals surface area contributed by atoms with Crippen LogP contribution in [0.3, 0.4) is 0 Å². The largest absolute Gasteiger partial charge is 0.492 e. The van der Waals surface area contributed by atoms with Crippen molar-refractivity contribution in [2.75, 3.05) is 13.2 Å². The Hall–Kier alpha value is -1.72. The van der Waals surface area contributed by atoms with Crippen LogP contribution in [0.15, 0.2) is 24.3 Å². The van der Waals surface area contributed by atoms with E-state index in [2.05, 4.69) is 4.74 Å². The van der Waals surface area contributed by atoms with Gasteiger partial charge in [0.25, 0.3) is 0 Å². The fourth-order valence-electron chi connectivity index (χ4n) is 1.30. The Morgan fingerprint density at radius 2 is 1.94 bits per heavy atom. The first kappa shape index (κ1) is 14.3. The van der Waals surface area contributed by atoms with E-state index in [0.29, 0.717) is 0 Å². The first-order chi connectivity index (χ1) is 8.45. The van der Waals surface area contributed by atoms with Gasteiger partial charge < -0.3 is 9.47 Å². The van der Waals surface area contributed by atoms with Gasteiger partial charge in [-0.15, -0.1) is 0 Å². The molecule has 18 heavy (non-hydrogen) atoms. The summed E-state index contributed by atoms with van der Waals surface area (Å²) >= 11 is 0. The molecule has 0 unspecified atom stereocenters.